The van der Waals surface area contributed by atoms with Crippen molar-refractivity contribution < 1.29 is 9.53 Å². The third kappa shape index (κ3) is 2.90. The molecule has 1 aromatic heterocycles. The molecule has 3 aromatic rings. The molecular weight excluding hydrogens is 290 g/mol. The van der Waals surface area contributed by atoms with E-state index in [2.05, 4.69) is 15.5 Å². The highest BCUT2D eigenvalue weighted by Crippen LogP contribution is 2.26. The Labute approximate surface area is 134 Å². The zero-order valence-corrected chi connectivity index (χ0v) is 13.4. The van der Waals surface area contributed by atoms with Crippen LogP contribution in [0.25, 0.3) is 10.9 Å². The summed E-state index contributed by atoms with van der Waals surface area (Å²) >= 11 is 0. The first-order valence-corrected chi connectivity index (χ1v) is 7.48. The van der Waals surface area contributed by atoms with E-state index in [0.29, 0.717) is 5.69 Å². The molecule has 0 aliphatic rings. The number of carbonyl (C=O) groups excluding carboxylic acids is 1. The van der Waals surface area contributed by atoms with Crippen molar-refractivity contribution in [1.82, 2.24) is 15.5 Å². The summed E-state index contributed by atoms with van der Waals surface area (Å²) in [6.45, 7) is 3.95. The molecule has 0 saturated carbocycles. The van der Waals surface area contributed by atoms with E-state index in [0.717, 1.165) is 27.8 Å². The zero-order chi connectivity index (χ0) is 16.4. The molecule has 23 heavy (non-hydrogen) atoms. The maximum atomic E-state index is 12.6. The van der Waals surface area contributed by atoms with Gasteiger partial charge in [0, 0.05) is 10.9 Å². The highest BCUT2D eigenvalue weighted by molar-refractivity contribution is 6.04. The van der Waals surface area contributed by atoms with E-state index in [9.17, 15) is 4.79 Å². The number of nitrogens with one attached hydrogen (secondary N) is 2. The Morgan fingerprint density at radius 1 is 1.26 bits per heavy atom. The molecule has 0 saturated heterocycles. The minimum absolute atomic E-state index is 0.187. The average molecular weight is 309 g/mol. The zero-order valence-electron chi connectivity index (χ0n) is 13.4. The summed E-state index contributed by atoms with van der Waals surface area (Å²) in [5.74, 6) is 0.550. The number of amides is 1. The monoisotopic (exact) mass is 309 g/mol. The third-order valence-electron chi connectivity index (χ3n) is 3.88. The van der Waals surface area contributed by atoms with Crippen LogP contribution < -0.4 is 10.1 Å². The number of H-pyrrole nitrogens is 1. The van der Waals surface area contributed by atoms with Crippen molar-refractivity contribution in [3.05, 3.63) is 59.3 Å². The predicted octanol–water partition coefficient (Wildman–Crippen LogP) is 3.37. The Morgan fingerprint density at radius 2 is 2.04 bits per heavy atom. The van der Waals surface area contributed by atoms with Gasteiger partial charge in [0.2, 0.25) is 0 Å². The van der Waals surface area contributed by atoms with Gasteiger partial charge in [-0.3, -0.25) is 9.89 Å². The Morgan fingerprint density at radius 3 is 2.83 bits per heavy atom. The fraction of sp³-hybridized carbons (Fsp3) is 0.222. The molecule has 118 valence electrons. The summed E-state index contributed by atoms with van der Waals surface area (Å²) in [7, 11) is 1.63. The standard InChI is InChI=1S/C18H19N3O2/c1-11-8-9-16(23-3)14(10-11)12(2)19-18(22)17-13-6-4-5-7-15(13)20-21-17/h4-10,12H,1-3H3,(H,19,22)(H,20,21)/t12-/m0/s1. The molecule has 0 unspecified atom stereocenters. The normalized spacial score (nSPS) is 12.1. The number of ether oxygens (including phenoxy) is 1. The van der Waals surface area contributed by atoms with E-state index in [4.69, 9.17) is 4.74 Å². The van der Waals surface area contributed by atoms with Gasteiger partial charge in [0.05, 0.1) is 18.7 Å². The number of nitrogens with zero attached hydrogens (tertiary/aromatic N) is 1. The lowest BCUT2D eigenvalue weighted by molar-refractivity contribution is 0.0936. The number of rotatable bonds is 4. The first-order valence-electron chi connectivity index (χ1n) is 7.48. The Hall–Kier alpha value is -2.82. The van der Waals surface area contributed by atoms with Crippen LogP contribution in [0.2, 0.25) is 0 Å². The number of benzene rings is 2. The third-order valence-corrected chi connectivity index (χ3v) is 3.88. The minimum Gasteiger partial charge on any atom is -0.496 e. The van der Waals surface area contributed by atoms with E-state index in [1.54, 1.807) is 7.11 Å². The molecule has 1 heterocycles. The molecule has 5 heteroatoms. The summed E-state index contributed by atoms with van der Waals surface area (Å²) in [6.07, 6.45) is 0. The number of aryl methyl sites for hydroxylation is 1. The number of para-hydroxylation sites is 1. The van der Waals surface area contributed by atoms with Gasteiger partial charge >= 0.3 is 0 Å². The molecule has 0 fully saturated rings. The van der Waals surface area contributed by atoms with Gasteiger partial charge in [-0.25, -0.2) is 0 Å². The Balaban J connectivity index is 1.87. The van der Waals surface area contributed by atoms with Gasteiger partial charge in [0.15, 0.2) is 5.69 Å². The molecule has 0 radical (unpaired) electrons. The van der Waals surface area contributed by atoms with Gasteiger partial charge in [-0.05, 0) is 26.0 Å². The summed E-state index contributed by atoms with van der Waals surface area (Å²) in [5.41, 5.74) is 3.31. The van der Waals surface area contributed by atoms with Crippen molar-refractivity contribution in [3.8, 4) is 5.75 Å². The van der Waals surface area contributed by atoms with Crippen molar-refractivity contribution in [2.75, 3.05) is 7.11 Å². The van der Waals surface area contributed by atoms with Gasteiger partial charge in [0.1, 0.15) is 5.75 Å². The summed E-state index contributed by atoms with van der Waals surface area (Å²) in [4.78, 5) is 12.6. The molecular formula is C18H19N3O2. The van der Waals surface area contributed by atoms with E-state index >= 15 is 0 Å². The maximum Gasteiger partial charge on any atom is 0.272 e. The number of carbonyl (C=O) groups is 1. The van der Waals surface area contributed by atoms with Crippen molar-refractivity contribution >= 4 is 16.8 Å². The lowest BCUT2D eigenvalue weighted by atomic mass is 10.0. The highest BCUT2D eigenvalue weighted by atomic mass is 16.5. The number of hydrogen-bond acceptors (Lipinski definition) is 3. The molecule has 5 nitrogen and oxygen atoms in total. The Bertz CT molecular complexity index is 854. The van der Waals surface area contributed by atoms with Crippen LogP contribution in [-0.4, -0.2) is 23.2 Å². The van der Waals surface area contributed by atoms with Crippen LogP contribution in [0.4, 0.5) is 0 Å². The number of aromatic amines is 1. The van der Waals surface area contributed by atoms with Crippen LogP contribution in [0.15, 0.2) is 42.5 Å². The molecule has 0 aliphatic heterocycles. The van der Waals surface area contributed by atoms with Gasteiger partial charge in [-0.15, -0.1) is 0 Å². The second-order valence-electron chi connectivity index (χ2n) is 5.56. The minimum atomic E-state index is -0.210. The fourth-order valence-corrected chi connectivity index (χ4v) is 2.67. The van der Waals surface area contributed by atoms with Gasteiger partial charge in [-0.2, -0.15) is 5.10 Å². The number of methoxy groups -OCH3 is 1. The second kappa shape index (κ2) is 6.12. The molecule has 0 spiro atoms. The topological polar surface area (TPSA) is 67.0 Å². The van der Waals surface area contributed by atoms with Crippen LogP contribution in [0.5, 0.6) is 5.75 Å². The first kappa shape index (κ1) is 15.1. The summed E-state index contributed by atoms with van der Waals surface area (Å²) in [6, 6.07) is 13.3. The van der Waals surface area contributed by atoms with Crippen LogP contribution >= 0.6 is 0 Å². The molecule has 0 bridgehead atoms. The van der Waals surface area contributed by atoms with Crippen molar-refractivity contribution in [2.24, 2.45) is 0 Å². The molecule has 2 N–H and O–H groups in total. The number of hydrogen-bond donors (Lipinski definition) is 2. The van der Waals surface area contributed by atoms with Crippen LogP contribution in [0.1, 0.15) is 34.6 Å². The van der Waals surface area contributed by atoms with E-state index in [1.165, 1.54) is 0 Å². The SMILES string of the molecule is COc1ccc(C)cc1[C@H](C)NC(=O)c1n[nH]c2ccccc12. The lowest BCUT2D eigenvalue weighted by Gasteiger charge is -2.17. The summed E-state index contributed by atoms with van der Waals surface area (Å²) < 4.78 is 5.39. The quantitative estimate of drug-likeness (QED) is 0.776. The van der Waals surface area contributed by atoms with Gasteiger partial charge in [-0.1, -0.05) is 35.9 Å². The van der Waals surface area contributed by atoms with Crippen molar-refractivity contribution in [3.63, 3.8) is 0 Å². The van der Waals surface area contributed by atoms with Crippen molar-refractivity contribution in [2.45, 2.75) is 19.9 Å². The van der Waals surface area contributed by atoms with Crippen LogP contribution in [-0.2, 0) is 0 Å². The van der Waals surface area contributed by atoms with Crippen molar-refractivity contribution in [1.29, 1.82) is 0 Å². The molecule has 1 atom stereocenters. The maximum absolute atomic E-state index is 12.6. The van der Waals surface area contributed by atoms with Crippen LogP contribution in [0, 0.1) is 6.92 Å². The lowest BCUT2D eigenvalue weighted by Crippen LogP contribution is -2.27. The average Bonchev–Trinajstić information content (AvgIpc) is 2.98. The molecule has 0 aliphatic carbocycles. The number of aromatic nitrogens is 2. The van der Waals surface area contributed by atoms with Gasteiger partial charge < -0.3 is 10.1 Å². The second-order valence-corrected chi connectivity index (χ2v) is 5.56. The fourth-order valence-electron chi connectivity index (χ4n) is 2.67. The first-order chi connectivity index (χ1) is 11.1. The largest absolute Gasteiger partial charge is 0.496 e. The summed E-state index contributed by atoms with van der Waals surface area (Å²) in [5, 5.41) is 10.8. The predicted molar refractivity (Wildman–Crippen MR) is 89.7 cm³/mol. The number of fused-ring (bicyclic) bond motifs is 1. The molecule has 2 aromatic carbocycles. The van der Waals surface area contributed by atoms with Crippen LogP contribution in [0.3, 0.4) is 0 Å². The van der Waals surface area contributed by atoms with E-state index in [1.807, 2.05) is 56.3 Å². The van der Waals surface area contributed by atoms with Gasteiger partial charge in [0.25, 0.3) is 5.91 Å². The highest BCUT2D eigenvalue weighted by Gasteiger charge is 2.18. The molecule has 3 rings (SSSR count). The molecule has 1 amide bonds. The van der Waals surface area contributed by atoms with E-state index in [-0.39, 0.29) is 11.9 Å². The van der Waals surface area contributed by atoms with E-state index < -0.39 is 0 Å². The Kier molecular flexibility index (Phi) is 4.02. The smallest absolute Gasteiger partial charge is 0.272 e.